The number of rotatable bonds is 16. The number of aromatic nitrogens is 3. The van der Waals surface area contributed by atoms with Crippen LogP contribution in [0, 0.1) is 63.1 Å². The molecule has 1 radical (unpaired) electrons. The molecule has 24 rings (SSSR count). The van der Waals surface area contributed by atoms with Crippen LogP contribution in [0.2, 0.25) is 0 Å². The summed E-state index contributed by atoms with van der Waals surface area (Å²) in [6, 6.07) is 134. The molecule has 0 saturated carbocycles. The molecule has 1 aliphatic carbocycles. The van der Waals surface area contributed by atoms with Crippen LogP contribution in [0.5, 0.6) is 0 Å². The summed E-state index contributed by atoms with van der Waals surface area (Å²) in [5.41, 5.74) is 26.9. The zero-order chi connectivity index (χ0) is 91.7. The third-order valence-corrected chi connectivity index (χ3v) is 30.0. The minimum Gasteiger partial charge on any atom is -0.510 e. The second-order valence-corrected chi connectivity index (χ2v) is 38.2. The Balaban J connectivity index is 0.000000125. The number of oxazole rings is 1. The summed E-state index contributed by atoms with van der Waals surface area (Å²) in [7, 11) is 1.74. The summed E-state index contributed by atoms with van der Waals surface area (Å²) in [6.07, 6.45) is 22.2. The van der Waals surface area contributed by atoms with Crippen LogP contribution >= 0.6 is 7.14 Å². The monoisotopic (exact) mass is 2360 g/mol. The summed E-state index contributed by atoms with van der Waals surface area (Å²) in [6.45, 7) is 12.8. The van der Waals surface area contributed by atoms with Gasteiger partial charge in [0.25, 0.3) is 0 Å². The van der Waals surface area contributed by atoms with Crippen molar-refractivity contribution in [3.8, 4) is 83.9 Å². The maximum absolute atomic E-state index is 14.7. The van der Waals surface area contributed by atoms with Crippen molar-refractivity contribution in [2.45, 2.75) is 67.6 Å². The van der Waals surface area contributed by atoms with Crippen molar-refractivity contribution in [3.05, 3.63) is 464 Å². The fraction of sp³-hybridized carbons (Fsp3) is 0.111. The van der Waals surface area contributed by atoms with Crippen LogP contribution in [-0.2, 0) is 80.1 Å². The Morgan fingerprint density at radius 2 is 0.861 bits per heavy atom. The van der Waals surface area contributed by atoms with E-state index in [1.165, 1.54) is 89.1 Å². The average Bonchev–Trinajstić information content (AvgIpc) is 1.56. The van der Waals surface area contributed by atoms with Gasteiger partial charge in [-0.15, -0.1) is 94.0 Å². The number of nitrogens with zero attached hydrogens (tertiary/aromatic N) is 11. The molecule has 2 aromatic heterocycles. The van der Waals surface area contributed by atoms with E-state index in [1.54, 1.807) is 47.1 Å². The topological polar surface area (TPSA) is 121 Å². The van der Waals surface area contributed by atoms with Crippen molar-refractivity contribution in [1.82, 2.24) is 24.6 Å². The van der Waals surface area contributed by atoms with Gasteiger partial charge in [0, 0.05) is 87.7 Å². The molecule has 0 amide bonds. The van der Waals surface area contributed by atoms with Gasteiger partial charge in [0.05, 0.1) is 22.3 Å². The number of sulfone groups is 1. The molecule has 137 heavy (non-hydrogen) atoms. The van der Waals surface area contributed by atoms with Crippen molar-refractivity contribution in [2.75, 3.05) is 57.6 Å². The van der Waals surface area contributed by atoms with Gasteiger partial charge in [0.2, 0.25) is 9.84 Å². The van der Waals surface area contributed by atoms with E-state index in [0.717, 1.165) is 94.4 Å². The van der Waals surface area contributed by atoms with Gasteiger partial charge in [-0.1, -0.05) is 232 Å². The quantitative estimate of drug-likeness (QED) is 0.0674. The molecule has 0 N–H and O–H groups in total. The molecular weight excluding hydrogens is 2260 g/mol. The third-order valence-electron chi connectivity index (χ3n) is 25.0. The van der Waals surface area contributed by atoms with Crippen LogP contribution in [0.4, 0.5) is 45.5 Å². The number of hydrogen-bond acceptors (Lipinski definition) is 14. The van der Waals surface area contributed by atoms with Crippen LogP contribution in [0.1, 0.15) is 63.5 Å². The summed E-state index contributed by atoms with van der Waals surface area (Å²) >= 11 is 0. The minimum absolute atomic E-state index is 0. The average molecular weight is 2360 g/mol. The first-order valence-electron chi connectivity index (χ1n) is 45.1. The van der Waals surface area contributed by atoms with Crippen LogP contribution < -0.4 is 45.3 Å². The second-order valence-electron chi connectivity index (χ2n) is 33.6. The molecule has 20 heteroatoms. The van der Waals surface area contributed by atoms with Crippen molar-refractivity contribution >= 4 is 78.4 Å². The van der Waals surface area contributed by atoms with Gasteiger partial charge in [0.15, 0.2) is 7.14 Å². The first kappa shape index (κ1) is 96.8. The van der Waals surface area contributed by atoms with E-state index in [1.807, 2.05) is 248 Å². The fourth-order valence-corrected chi connectivity index (χ4v) is 23.2. The van der Waals surface area contributed by atoms with Crippen LogP contribution in [0.15, 0.2) is 404 Å². The number of fused-ring (bicyclic) bond motifs is 11. The Kier molecular flexibility index (Phi) is 30.7. The van der Waals surface area contributed by atoms with E-state index in [2.05, 4.69) is 259 Å². The molecule has 0 spiro atoms. The first-order chi connectivity index (χ1) is 65.6. The molecule has 1 atom stereocenters. The Morgan fingerprint density at radius 3 is 1.39 bits per heavy atom. The van der Waals surface area contributed by atoms with Crippen LogP contribution in [0.3, 0.4) is 0 Å². The molecule has 15 nitrogen and oxygen atoms in total. The Bertz CT molecular complexity index is 7130. The SMILES string of the molecule is CCCCC1(CCCC)c2ccccc2-c2ccc(-c3c[c-]c(N4[CH-]N(C)c5ccccc54)cc3)cc21.CN1C=CN(c2[c-]cc(-c3ccc4c(c3)P(=O)(c3ccccc3)c3ccccc3-4)cc2)[CH-]1.CN1C=CN(c2[c-]cc(-c3ccc4c(c3)S(=O)(=O)c3ccccc3-4)cc2)[CH-]1.CN1[CH-]N(c2[c-]cccc2)c2ccccc21.[Ir+3].[Ir+3].[Ir].[c-]1ccccc1-c1ncco1.[c-]1ccccc1-n1cccn1. The maximum Gasteiger partial charge on any atom is 3.00 e. The fourth-order valence-electron chi connectivity index (χ4n) is 18.4. The van der Waals surface area contributed by atoms with Gasteiger partial charge >= 0.3 is 40.2 Å². The Labute approximate surface area is 846 Å². The molecule has 0 fully saturated rings. The van der Waals surface area contributed by atoms with Gasteiger partial charge in [-0.2, -0.15) is 141 Å². The predicted molar refractivity (Wildman–Crippen MR) is 545 cm³/mol. The summed E-state index contributed by atoms with van der Waals surface area (Å²) in [5, 5.41) is 6.80. The normalized spacial score (nSPS) is 14.9. The Morgan fingerprint density at radius 1 is 0.394 bits per heavy atom. The minimum atomic E-state index is -3.46. The molecule has 7 aliphatic rings. The molecule has 1 unspecified atom stereocenters. The number of unbranched alkanes of at least 4 members (excludes halogenated alkanes) is 2. The van der Waals surface area contributed by atoms with Crippen LogP contribution in [-0.4, -0.2) is 61.2 Å². The molecular formula is C117H98Ir3N11O4PS-4. The Hall–Kier alpha value is -13.3. The van der Waals surface area contributed by atoms with E-state index >= 15 is 0 Å². The van der Waals surface area contributed by atoms with Crippen molar-refractivity contribution < 1.29 is 77.7 Å². The van der Waals surface area contributed by atoms with Gasteiger partial charge in [-0.05, 0) is 147 Å². The summed E-state index contributed by atoms with van der Waals surface area (Å²) in [4.78, 5) is 21.4. The molecule has 0 saturated heterocycles. The molecule has 687 valence electrons. The number of benzene rings is 15. The molecule has 6 aliphatic heterocycles. The standard InChI is InChI=1S/C35H36N2.C28H21N2OP.C22H16N2O2S.C14H12N2.C9H7N2.C9H6NO.3Ir/c1-4-6-22-35(23-7-5-2)31-13-9-8-12-29(31)30-21-18-27(24-32(30)35)26-16-19-28(20-17-26)37-25-36(3)33-14-10-11-15-34(33)37;1-29-17-18-30(20-29)23-14-11-21(12-15-23)22-13-16-26-25-9-5-6-10-27(25)32(31,28(26)19-22)24-7-3-2-4-8-24;1-23-12-13-24(15-23)18-9-6-16(7-10-18)17-8-11-20-19-4-2-3-5-21(19)27(25,26)22(20)14-17;1-15-11-16(12-7-3-2-4-8-12)14-10-6-5-9-13(14)15;1-2-5-9(6-3-1)11-8-4-7-10-11;1-2-4-8(5-3-1)9-10-6-7-11-9;;;/h8-19,21,24-25H,4-7,22-23H2,1-3H3;2-14,16-20H,1H3;2-9,11-15H,1H3;2-7,9-11H,1H3;1-5,7-8H;1-4,6-7H;;;/q4*-2;2*-1;;2*+3. The van der Waals surface area contributed by atoms with Crippen molar-refractivity contribution in [1.29, 1.82) is 0 Å². The molecule has 8 heterocycles. The number of para-hydroxylation sites is 6. The number of anilines is 8. The van der Waals surface area contributed by atoms with E-state index in [-0.39, 0.29) is 65.7 Å². The predicted octanol–water partition coefficient (Wildman–Crippen LogP) is 25.9. The molecule has 0 bridgehead atoms. The van der Waals surface area contributed by atoms with Crippen molar-refractivity contribution in [3.63, 3.8) is 0 Å². The largest absolute Gasteiger partial charge is 3.00 e. The maximum atomic E-state index is 14.7. The smallest absolute Gasteiger partial charge is 0.510 e. The van der Waals surface area contributed by atoms with E-state index in [4.69, 9.17) is 4.42 Å². The number of hydrogen-bond donors (Lipinski definition) is 0. The van der Waals surface area contributed by atoms with Gasteiger partial charge in [0.1, 0.15) is 5.89 Å². The van der Waals surface area contributed by atoms with E-state index < -0.39 is 17.0 Å². The third kappa shape index (κ3) is 20.0. The molecule has 17 aromatic rings. The van der Waals surface area contributed by atoms with Crippen molar-refractivity contribution in [2.24, 2.45) is 0 Å². The molecule has 15 aromatic carbocycles. The summed E-state index contributed by atoms with van der Waals surface area (Å²) in [5.74, 6) is 0.616. The van der Waals surface area contributed by atoms with Crippen LogP contribution in [0.25, 0.3) is 83.9 Å². The first-order valence-corrected chi connectivity index (χ1v) is 48.3. The van der Waals surface area contributed by atoms with E-state index in [9.17, 15) is 13.0 Å². The zero-order valence-electron chi connectivity index (χ0n) is 76.4. The second kappa shape index (κ2) is 43.4. The van der Waals surface area contributed by atoms with Gasteiger partial charge < -0.3 is 48.2 Å². The van der Waals surface area contributed by atoms with E-state index in [0.29, 0.717) is 15.7 Å². The summed E-state index contributed by atoms with van der Waals surface area (Å²) < 4.78 is 47.3. The van der Waals surface area contributed by atoms with Gasteiger partial charge in [-0.3, -0.25) is 9.67 Å². The zero-order valence-corrected chi connectivity index (χ0v) is 85.3. The van der Waals surface area contributed by atoms with Gasteiger partial charge in [-0.25, -0.2) is 8.42 Å².